The van der Waals surface area contributed by atoms with Gasteiger partial charge in [-0.2, -0.15) is 4.98 Å². The van der Waals surface area contributed by atoms with Crippen LogP contribution in [0.4, 0.5) is 5.82 Å². The summed E-state index contributed by atoms with van der Waals surface area (Å²) in [5.41, 5.74) is 10.3. The van der Waals surface area contributed by atoms with Crippen LogP contribution in [-0.2, 0) is 32.4 Å². The van der Waals surface area contributed by atoms with E-state index in [0.717, 1.165) is 4.57 Å². The van der Waals surface area contributed by atoms with Crippen LogP contribution in [0.1, 0.15) is 19.1 Å². The lowest BCUT2D eigenvalue weighted by Gasteiger charge is -2.26. The maximum atomic E-state index is 13.1. The molecule has 2 fully saturated rings. The molecule has 3 rings (SSSR count). The van der Waals surface area contributed by atoms with Crippen molar-refractivity contribution in [1.82, 2.24) is 14.8 Å². The van der Waals surface area contributed by atoms with Crippen molar-refractivity contribution in [3.8, 4) is 0 Å². The standard InChI is InChI=1S/C18H28N8O12P2/c19-12(22-8-28)1-3-21-17-15(29)16(10(6-27)36-17)38-40(33,25-32)34-7-11-9(37-39-24-31)5-14(35-11)26-4-2-13(20)23-18(26)30/h2-4,8-11,14-17,27,29,32,39H,1,5-7H2,(H,25,33)(H2,19,22,28)(H2,20,23,30). The highest BCUT2D eigenvalue weighted by molar-refractivity contribution is 7.51. The summed E-state index contributed by atoms with van der Waals surface area (Å²) in [5, 5.41) is 31.2. The second-order valence-corrected chi connectivity index (χ2v) is 10.5. The summed E-state index contributed by atoms with van der Waals surface area (Å²) in [6.07, 6.45) is -5.65. The molecule has 0 bridgehead atoms. The monoisotopic (exact) mass is 610 g/mol. The highest BCUT2D eigenvalue weighted by Gasteiger charge is 2.48. The smallest absolute Gasteiger partial charge is 0.394 e. The van der Waals surface area contributed by atoms with Crippen LogP contribution in [0.5, 0.6) is 0 Å². The lowest BCUT2D eigenvalue weighted by molar-refractivity contribution is -0.106. The summed E-state index contributed by atoms with van der Waals surface area (Å²) in [5.74, 6) is -0.0606. The number of amidine groups is 1. The number of nitroso groups, excluding NO2 is 1. The van der Waals surface area contributed by atoms with E-state index >= 15 is 0 Å². The summed E-state index contributed by atoms with van der Waals surface area (Å²) in [4.78, 5) is 46.7. The largest absolute Gasteiger partial charge is 0.428 e. The molecule has 1 amide bonds. The Bertz CT molecular complexity index is 1190. The number of carbonyl (C=O) groups is 1. The number of amides is 1. The Hall–Kier alpha value is -2.61. The van der Waals surface area contributed by atoms with Gasteiger partial charge in [-0.25, -0.2) is 14.4 Å². The number of aliphatic imine (C=N–C) groups is 2. The third-order valence-corrected chi connectivity index (χ3v) is 7.37. The van der Waals surface area contributed by atoms with Crippen LogP contribution in [0, 0.1) is 4.91 Å². The number of ether oxygens (including phenoxy) is 2. The van der Waals surface area contributed by atoms with E-state index < -0.39 is 78.6 Å². The molecule has 8 N–H and O–H groups in total. The number of rotatable bonds is 15. The van der Waals surface area contributed by atoms with Gasteiger partial charge in [-0.1, -0.05) is 0 Å². The van der Waals surface area contributed by atoms with E-state index in [4.69, 9.17) is 34.5 Å². The number of hydrogen-bond donors (Lipinski definition) is 6. The van der Waals surface area contributed by atoms with Crippen molar-refractivity contribution >= 4 is 41.0 Å². The molecule has 0 saturated carbocycles. The molecular formula is C18H28N8O12P2. The first kappa shape index (κ1) is 31.9. The third-order valence-electron chi connectivity index (χ3n) is 5.64. The van der Waals surface area contributed by atoms with Crippen LogP contribution in [0.2, 0.25) is 0 Å². The Labute approximate surface area is 227 Å². The molecule has 0 spiro atoms. The van der Waals surface area contributed by atoms with Crippen molar-refractivity contribution in [3.63, 3.8) is 0 Å². The van der Waals surface area contributed by atoms with Crippen LogP contribution < -0.4 is 22.4 Å². The van der Waals surface area contributed by atoms with E-state index in [0.29, 0.717) is 0 Å². The summed E-state index contributed by atoms with van der Waals surface area (Å²) < 4.78 is 41.4. The topological polar surface area (TPSA) is 294 Å². The fourth-order valence-corrected chi connectivity index (χ4v) is 5.30. The quantitative estimate of drug-likeness (QED) is 0.0322. The predicted octanol–water partition coefficient (Wildman–Crippen LogP) is -1.69. The van der Waals surface area contributed by atoms with Gasteiger partial charge in [0.1, 0.15) is 42.3 Å². The normalized spacial score (nSPS) is 30.8. The van der Waals surface area contributed by atoms with Gasteiger partial charge < -0.3 is 40.9 Å². The number of nitrogens with one attached hydrogen (secondary N) is 1. The molecule has 0 aromatic carbocycles. The fourth-order valence-electron chi connectivity index (χ4n) is 3.78. The molecule has 40 heavy (non-hydrogen) atoms. The fraction of sp³-hybridized carbons (Fsp3) is 0.611. The highest BCUT2D eigenvalue weighted by atomic mass is 31.2. The number of anilines is 1. The van der Waals surface area contributed by atoms with E-state index in [2.05, 4.69) is 19.9 Å². The Morgan fingerprint density at radius 3 is 2.83 bits per heavy atom. The van der Waals surface area contributed by atoms with Crippen molar-refractivity contribution in [1.29, 1.82) is 0 Å². The minimum atomic E-state index is -4.62. The number of aliphatic hydroxyl groups is 2. The summed E-state index contributed by atoms with van der Waals surface area (Å²) >= 11 is 0. The van der Waals surface area contributed by atoms with Crippen molar-refractivity contribution in [2.24, 2.45) is 20.7 Å². The van der Waals surface area contributed by atoms with Gasteiger partial charge in [-0.3, -0.25) is 23.4 Å². The predicted molar refractivity (Wildman–Crippen MR) is 136 cm³/mol. The molecule has 222 valence electrons. The molecule has 1 aromatic heterocycles. The summed E-state index contributed by atoms with van der Waals surface area (Å²) in [6.45, 7) is -1.25. The van der Waals surface area contributed by atoms with E-state index in [9.17, 15) is 34.5 Å². The molecule has 2 aliphatic rings. The number of nitrogens with two attached hydrogens (primary N) is 2. The number of aliphatic hydroxyl groups excluding tert-OH is 2. The molecule has 22 heteroatoms. The van der Waals surface area contributed by atoms with Crippen molar-refractivity contribution in [2.75, 3.05) is 18.9 Å². The highest BCUT2D eigenvalue weighted by Crippen LogP contribution is 2.48. The van der Waals surface area contributed by atoms with Gasteiger partial charge >= 0.3 is 13.4 Å². The van der Waals surface area contributed by atoms with Gasteiger partial charge in [0.05, 0.1) is 19.3 Å². The molecular weight excluding hydrogens is 582 g/mol. The number of hydrogen-bond acceptors (Lipinski definition) is 16. The summed E-state index contributed by atoms with van der Waals surface area (Å²) in [6, 6.07) is 1.37. The first-order chi connectivity index (χ1) is 19.1. The molecule has 20 nitrogen and oxygen atoms in total. The van der Waals surface area contributed by atoms with Crippen LogP contribution >= 0.6 is 16.7 Å². The molecule has 1 aromatic rings. The minimum Gasteiger partial charge on any atom is -0.394 e. The molecule has 0 radical (unpaired) electrons. The van der Waals surface area contributed by atoms with Gasteiger partial charge in [-0.15, -0.1) is 10.2 Å². The maximum absolute atomic E-state index is 13.1. The van der Waals surface area contributed by atoms with Gasteiger partial charge in [0.2, 0.25) is 6.41 Å². The zero-order valence-corrected chi connectivity index (χ0v) is 22.4. The number of nitrogen functional groups attached to an aromatic ring is 1. The maximum Gasteiger partial charge on any atom is 0.428 e. The van der Waals surface area contributed by atoms with Crippen molar-refractivity contribution in [3.05, 3.63) is 27.7 Å². The minimum absolute atomic E-state index is 0.00579. The third kappa shape index (κ3) is 8.21. The number of aromatic nitrogens is 2. The molecule has 3 heterocycles. The van der Waals surface area contributed by atoms with Crippen molar-refractivity contribution < 1.29 is 47.8 Å². The average Bonchev–Trinajstić information content (AvgIpc) is 3.46. The second kappa shape index (κ2) is 14.9. The molecule has 9 atom stereocenters. The Morgan fingerprint density at radius 2 is 2.17 bits per heavy atom. The van der Waals surface area contributed by atoms with E-state index in [-0.39, 0.29) is 30.9 Å². The second-order valence-electron chi connectivity index (χ2n) is 8.21. The first-order valence-electron chi connectivity index (χ1n) is 11.4. The summed E-state index contributed by atoms with van der Waals surface area (Å²) in [7, 11) is -5.43. The van der Waals surface area contributed by atoms with Crippen LogP contribution in [0.3, 0.4) is 0 Å². The lowest BCUT2D eigenvalue weighted by Crippen LogP contribution is -2.37. The molecule has 9 unspecified atom stereocenters. The van der Waals surface area contributed by atoms with E-state index in [1.165, 1.54) is 23.7 Å². The Morgan fingerprint density at radius 1 is 1.40 bits per heavy atom. The van der Waals surface area contributed by atoms with Crippen LogP contribution in [0.25, 0.3) is 0 Å². The first-order valence-corrected chi connectivity index (χ1v) is 13.8. The van der Waals surface area contributed by atoms with E-state index in [1.54, 1.807) is 0 Å². The SMILES string of the molecule is NC(CC=NC1OC(CO)C(OP(=O)(NO)OCC2OC(n3ccc(N)nc3=O)CC2OPN=O)C1O)=NC=O. The number of nitrogens with zero attached hydrogens (tertiary/aromatic N) is 5. The molecule has 0 aliphatic carbocycles. The molecule has 2 aliphatic heterocycles. The van der Waals surface area contributed by atoms with Gasteiger partial charge in [-0.05, 0) is 11.0 Å². The van der Waals surface area contributed by atoms with Crippen LogP contribution in [0.15, 0.2) is 32.0 Å². The van der Waals surface area contributed by atoms with Gasteiger partial charge in [0, 0.05) is 25.3 Å². The van der Waals surface area contributed by atoms with Crippen LogP contribution in [-0.4, -0.2) is 93.4 Å². The zero-order valence-electron chi connectivity index (χ0n) is 20.5. The Balaban J connectivity index is 1.68. The van der Waals surface area contributed by atoms with Gasteiger partial charge in [0.25, 0.3) is 0 Å². The Kier molecular flexibility index (Phi) is 11.9. The van der Waals surface area contributed by atoms with E-state index in [1.807, 2.05) is 0 Å². The molecule has 2 saturated heterocycles. The lowest BCUT2D eigenvalue weighted by atomic mass is 10.1. The van der Waals surface area contributed by atoms with Gasteiger partial charge in [0.15, 0.2) is 15.2 Å². The van der Waals surface area contributed by atoms with Crippen molar-refractivity contribution in [2.45, 2.75) is 55.8 Å². The number of carbonyl (C=O) groups excluding carboxylic acids is 1. The average molecular weight is 610 g/mol. The zero-order chi connectivity index (χ0) is 29.3.